The Bertz CT molecular complexity index is 1280. The van der Waals surface area contributed by atoms with E-state index in [-0.39, 0.29) is 5.91 Å². The SMILES string of the molecule is O=C(/C=C\c1ccc2c(c1)OCCO2)Nc1cccc(-c2csc(-c3cccnc3)n2)c1. The molecule has 0 spiro atoms. The molecule has 3 heterocycles. The monoisotopic (exact) mass is 441 g/mol. The number of hydrogen-bond acceptors (Lipinski definition) is 6. The van der Waals surface area contributed by atoms with Crippen LogP contribution >= 0.6 is 11.3 Å². The molecule has 2 aromatic heterocycles. The van der Waals surface area contributed by atoms with Crippen molar-refractivity contribution in [2.75, 3.05) is 18.5 Å². The van der Waals surface area contributed by atoms with Crippen LogP contribution in [-0.2, 0) is 4.79 Å². The highest BCUT2D eigenvalue weighted by Gasteiger charge is 2.11. The van der Waals surface area contributed by atoms with E-state index in [9.17, 15) is 4.79 Å². The molecule has 0 fully saturated rings. The lowest BCUT2D eigenvalue weighted by atomic mass is 10.1. The molecule has 2 aromatic carbocycles. The number of thiazole rings is 1. The van der Waals surface area contributed by atoms with Gasteiger partial charge in [-0.25, -0.2) is 4.98 Å². The topological polar surface area (TPSA) is 73.3 Å². The smallest absolute Gasteiger partial charge is 0.248 e. The van der Waals surface area contributed by atoms with Crippen LogP contribution in [0.2, 0.25) is 0 Å². The minimum absolute atomic E-state index is 0.216. The lowest BCUT2D eigenvalue weighted by molar-refractivity contribution is -0.111. The fourth-order valence-electron chi connectivity index (χ4n) is 3.30. The number of fused-ring (bicyclic) bond motifs is 1. The van der Waals surface area contributed by atoms with Crippen molar-refractivity contribution in [1.29, 1.82) is 0 Å². The number of ether oxygens (including phenoxy) is 2. The molecule has 0 saturated carbocycles. The molecule has 1 aliphatic rings. The van der Waals surface area contributed by atoms with E-state index < -0.39 is 0 Å². The third-order valence-corrected chi connectivity index (χ3v) is 5.72. The van der Waals surface area contributed by atoms with Crippen LogP contribution in [-0.4, -0.2) is 29.1 Å². The maximum atomic E-state index is 12.4. The zero-order chi connectivity index (χ0) is 21.8. The normalized spacial score (nSPS) is 12.6. The quantitative estimate of drug-likeness (QED) is 0.426. The Morgan fingerprint density at radius 1 is 1.00 bits per heavy atom. The summed E-state index contributed by atoms with van der Waals surface area (Å²) in [6, 6.07) is 17.1. The zero-order valence-corrected chi connectivity index (χ0v) is 17.8. The average molecular weight is 442 g/mol. The van der Waals surface area contributed by atoms with E-state index in [1.54, 1.807) is 29.8 Å². The molecule has 1 aliphatic heterocycles. The van der Waals surface area contributed by atoms with Gasteiger partial charge in [0.25, 0.3) is 0 Å². The first-order valence-corrected chi connectivity index (χ1v) is 11.0. The molecule has 7 heteroatoms. The maximum absolute atomic E-state index is 12.4. The summed E-state index contributed by atoms with van der Waals surface area (Å²) in [5.41, 5.74) is 4.35. The molecule has 0 atom stereocenters. The molecular formula is C25H19N3O3S. The summed E-state index contributed by atoms with van der Waals surface area (Å²) in [4.78, 5) is 21.3. The number of hydrogen-bond donors (Lipinski definition) is 1. The fraction of sp³-hybridized carbons (Fsp3) is 0.0800. The van der Waals surface area contributed by atoms with Crippen LogP contribution in [0.3, 0.4) is 0 Å². The highest BCUT2D eigenvalue weighted by Crippen LogP contribution is 2.31. The number of aromatic nitrogens is 2. The minimum Gasteiger partial charge on any atom is -0.486 e. The molecule has 6 nitrogen and oxygen atoms in total. The number of carbonyl (C=O) groups is 1. The lowest BCUT2D eigenvalue weighted by Gasteiger charge is -2.18. The molecule has 0 saturated heterocycles. The number of carbonyl (C=O) groups excluding carboxylic acids is 1. The lowest BCUT2D eigenvalue weighted by Crippen LogP contribution is -2.15. The predicted molar refractivity (Wildman–Crippen MR) is 126 cm³/mol. The van der Waals surface area contributed by atoms with Crippen LogP contribution in [0.5, 0.6) is 11.5 Å². The highest BCUT2D eigenvalue weighted by atomic mass is 32.1. The van der Waals surface area contributed by atoms with Crippen molar-refractivity contribution in [2.45, 2.75) is 0 Å². The van der Waals surface area contributed by atoms with Gasteiger partial charge in [-0.15, -0.1) is 11.3 Å². The molecule has 0 radical (unpaired) electrons. The summed E-state index contributed by atoms with van der Waals surface area (Å²) >= 11 is 1.56. The molecule has 4 aromatic rings. The summed E-state index contributed by atoms with van der Waals surface area (Å²) in [6.07, 6.45) is 6.79. The second kappa shape index (κ2) is 9.03. The van der Waals surface area contributed by atoms with E-state index in [0.29, 0.717) is 24.7 Å². The summed E-state index contributed by atoms with van der Waals surface area (Å²) in [7, 11) is 0. The largest absolute Gasteiger partial charge is 0.486 e. The second-order valence-corrected chi connectivity index (χ2v) is 7.94. The molecule has 158 valence electrons. The maximum Gasteiger partial charge on any atom is 0.248 e. The van der Waals surface area contributed by atoms with Crippen molar-refractivity contribution in [3.8, 4) is 33.3 Å². The van der Waals surface area contributed by atoms with E-state index in [1.807, 2.05) is 60.0 Å². The molecule has 32 heavy (non-hydrogen) atoms. The van der Waals surface area contributed by atoms with Crippen LogP contribution in [0.25, 0.3) is 27.9 Å². The third-order valence-electron chi connectivity index (χ3n) is 4.83. The van der Waals surface area contributed by atoms with Crippen LogP contribution < -0.4 is 14.8 Å². The Morgan fingerprint density at radius 2 is 1.88 bits per heavy atom. The number of amides is 1. The Kier molecular flexibility index (Phi) is 5.63. The van der Waals surface area contributed by atoms with Crippen molar-refractivity contribution in [1.82, 2.24) is 9.97 Å². The van der Waals surface area contributed by atoms with Crippen molar-refractivity contribution >= 4 is 29.0 Å². The fourth-order valence-corrected chi connectivity index (χ4v) is 4.12. The van der Waals surface area contributed by atoms with Gasteiger partial charge >= 0.3 is 0 Å². The number of anilines is 1. The van der Waals surface area contributed by atoms with Gasteiger partial charge < -0.3 is 14.8 Å². The molecule has 1 N–H and O–H groups in total. The Morgan fingerprint density at radius 3 is 2.75 bits per heavy atom. The van der Waals surface area contributed by atoms with Gasteiger partial charge in [-0.1, -0.05) is 18.2 Å². The van der Waals surface area contributed by atoms with Gasteiger partial charge in [0.1, 0.15) is 18.2 Å². The van der Waals surface area contributed by atoms with Gasteiger partial charge in [0, 0.05) is 40.7 Å². The van der Waals surface area contributed by atoms with Gasteiger partial charge in [-0.2, -0.15) is 0 Å². The summed E-state index contributed by atoms with van der Waals surface area (Å²) in [5, 5.41) is 5.82. The van der Waals surface area contributed by atoms with Crippen LogP contribution in [0.15, 0.2) is 78.4 Å². The number of nitrogens with zero attached hydrogens (tertiary/aromatic N) is 2. The first kappa shape index (κ1) is 20.0. The molecule has 0 unspecified atom stereocenters. The van der Waals surface area contributed by atoms with Crippen LogP contribution in [0.1, 0.15) is 5.56 Å². The molecule has 0 aliphatic carbocycles. The predicted octanol–water partition coefficient (Wildman–Crippen LogP) is 5.30. The standard InChI is InChI=1S/C25H19N3O3S/c29-24(9-7-17-6-8-22-23(13-17)31-12-11-30-22)27-20-5-1-3-18(14-20)21-16-32-25(28-21)19-4-2-10-26-15-19/h1-10,13-16H,11-12H2,(H,27,29)/b9-7-. The molecule has 1 amide bonds. The Labute approximate surface area is 189 Å². The van der Waals surface area contributed by atoms with Gasteiger partial charge in [-0.05, 0) is 48.0 Å². The van der Waals surface area contributed by atoms with Crippen molar-refractivity contribution in [3.05, 3.63) is 84.0 Å². The summed E-state index contributed by atoms with van der Waals surface area (Å²) < 4.78 is 11.1. The Hall–Kier alpha value is -3.97. The Balaban J connectivity index is 1.27. The van der Waals surface area contributed by atoms with E-state index in [2.05, 4.69) is 10.3 Å². The van der Waals surface area contributed by atoms with E-state index in [1.165, 1.54) is 6.08 Å². The average Bonchev–Trinajstić information content (AvgIpc) is 3.34. The molecule has 0 bridgehead atoms. The van der Waals surface area contributed by atoms with Crippen LogP contribution in [0.4, 0.5) is 5.69 Å². The third kappa shape index (κ3) is 4.53. The molecular weight excluding hydrogens is 422 g/mol. The number of rotatable bonds is 5. The van der Waals surface area contributed by atoms with Gasteiger partial charge in [0.15, 0.2) is 11.5 Å². The number of pyridine rings is 1. The first-order chi connectivity index (χ1) is 15.7. The van der Waals surface area contributed by atoms with Gasteiger partial charge in [0.05, 0.1) is 5.69 Å². The van der Waals surface area contributed by atoms with E-state index in [4.69, 9.17) is 14.5 Å². The number of nitrogens with one attached hydrogen (secondary N) is 1. The van der Waals surface area contributed by atoms with Crippen molar-refractivity contribution in [2.24, 2.45) is 0 Å². The van der Waals surface area contributed by atoms with Gasteiger partial charge in [0.2, 0.25) is 5.91 Å². The van der Waals surface area contributed by atoms with E-state index >= 15 is 0 Å². The number of benzene rings is 2. The second-order valence-electron chi connectivity index (χ2n) is 7.09. The molecule has 5 rings (SSSR count). The van der Waals surface area contributed by atoms with Crippen molar-refractivity contribution < 1.29 is 14.3 Å². The minimum atomic E-state index is -0.216. The van der Waals surface area contributed by atoms with Gasteiger partial charge in [-0.3, -0.25) is 9.78 Å². The van der Waals surface area contributed by atoms with Crippen LogP contribution in [0, 0.1) is 0 Å². The summed E-state index contributed by atoms with van der Waals surface area (Å²) in [5.74, 6) is 1.20. The highest BCUT2D eigenvalue weighted by molar-refractivity contribution is 7.13. The van der Waals surface area contributed by atoms with Crippen molar-refractivity contribution in [3.63, 3.8) is 0 Å². The first-order valence-electron chi connectivity index (χ1n) is 10.1. The van der Waals surface area contributed by atoms with E-state index in [0.717, 1.165) is 33.1 Å². The summed E-state index contributed by atoms with van der Waals surface area (Å²) in [6.45, 7) is 1.08. The zero-order valence-electron chi connectivity index (χ0n) is 17.0.